The minimum absolute atomic E-state index is 0.0733. The maximum absolute atomic E-state index is 12.0. The Kier molecular flexibility index (Phi) is 5.43. The fourth-order valence-electron chi connectivity index (χ4n) is 1.61. The summed E-state index contributed by atoms with van der Waals surface area (Å²) in [5.74, 6) is -0.265. The first kappa shape index (κ1) is 16.2. The van der Waals surface area contributed by atoms with Crippen LogP contribution in [0.2, 0.25) is 4.34 Å². The largest absolute Gasteiger partial charge is 0.378 e. The number of halogens is 2. The van der Waals surface area contributed by atoms with E-state index in [0.29, 0.717) is 35.1 Å². The molecule has 0 spiro atoms. The van der Waals surface area contributed by atoms with Crippen LogP contribution in [-0.2, 0) is 19.6 Å². The van der Waals surface area contributed by atoms with Crippen LogP contribution in [0.4, 0.5) is 0 Å². The molecule has 0 unspecified atom stereocenters. The SMILES string of the molecule is O=C(CNS(=O)(=O)c1cc(Br)c(Cl)s1)N1CCOCC1. The molecule has 10 heteroatoms. The van der Waals surface area contributed by atoms with E-state index in [2.05, 4.69) is 20.7 Å². The first-order valence-corrected chi connectivity index (χ1v) is 9.17. The molecule has 1 amide bonds. The highest BCUT2D eigenvalue weighted by Crippen LogP contribution is 2.34. The van der Waals surface area contributed by atoms with Gasteiger partial charge < -0.3 is 9.64 Å². The van der Waals surface area contributed by atoms with Gasteiger partial charge in [0.2, 0.25) is 5.91 Å². The van der Waals surface area contributed by atoms with Crippen molar-refractivity contribution in [1.29, 1.82) is 0 Å². The van der Waals surface area contributed by atoms with E-state index in [1.54, 1.807) is 4.90 Å². The quantitative estimate of drug-likeness (QED) is 0.822. The van der Waals surface area contributed by atoms with Gasteiger partial charge in [0.15, 0.2) is 0 Å². The summed E-state index contributed by atoms with van der Waals surface area (Å²) in [6.45, 7) is 1.65. The molecule has 6 nitrogen and oxygen atoms in total. The van der Waals surface area contributed by atoms with Crippen molar-refractivity contribution < 1.29 is 17.9 Å². The number of hydrogen-bond donors (Lipinski definition) is 1. The molecule has 1 aromatic rings. The lowest BCUT2D eigenvalue weighted by Crippen LogP contribution is -2.45. The molecule has 1 saturated heterocycles. The van der Waals surface area contributed by atoms with Crippen LogP contribution in [0.1, 0.15) is 0 Å². The van der Waals surface area contributed by atoms with E-state index < -0.39 is 10.0 Å². The lowest BCUT2D eigenvalue weighted by molar-refractivity contribution is -0.133. The van der Waals surface area contributed by atoms with Gasteiger partial charge in [-0.05, 0) is 22.0 Å². The molecule has 1 aliphatic rings. The predicted molar refractivity (Wildman–Crippen MR) is 79.6 cm³/mol. The second kappa shape index (κ2) is 6.71. The van der Waals surface area contributed by atoms with Gasteiger partial charge in [-0.3, -0.25) is 4.79 Å². The summed E-state index contributed by atoms with van der Waals surface area (Å²) in [6.07, 6.45) is 0. The molecule has 0 saturated carbocycles. The molecular formula is C10H12BrClN2O4S2. The van der Waals surface area contributed by atoms with E-state index in [1.807, 2.05) is 0 Å². The summed E-state index contributed by atoms with van der Waals surface area (Å²) < 4.78 is 32.4. The smallest absolute Gasteiger partial charge is 0.250 e. The number of rotatable bonds is 4. The Morgan fingerprint density at radius 1 is 1.50 bits per heavy atom. The maximum Gasteiger partial charge on any atom is 0.250 e. The van der Waals surface area contributed by atoms with Gasteiger partial charge in [0.25, 0.3) is 10.0 Å². The molecule has 112 valence electrons. The van der Waals surface area contributed by atoms with Crippen LogP contribution in [0.25, 0.3) is 0 Å². The van der Waals surface area contributed by atoms with E-state index >= 15 is 0 Å². The van der Waals surface area contributed by atoms with Crippen molar-refractivity contribution in [1.82, 2.24) is 9.62 Å². The van der Waals surface area contributed by atoms with Crippen molar-refractivity contribution in [3.8, 4) is 0 Å². The third-order valence-electron chi connectivity index (χ3n) is 2.66. The minimum Gasteiger partial charge on any atom is -0.378 e. The molecule has 0 aromatic carbocycles. The lowest BCUT2D eigenvalue weighted by Gasteiger charge is -2.26. The van der Waals surface area contributed by atoms with Gasteiger partial charge in [0.1, 0.15) is 8.55 Å². The van der Waals surface area contributed by atoms with Gasteiger partial charge in [0.05, 0.1) is 19.8 Å². The van der Waals surface area contributed by atoms with Crippen LogP contribution in [0.15, 0.2) is 14.7 Å². The number of amides is 1. The van der Waals surface area contributed by atoms with E-state index in [0.717, 1.165) is 11.3 Å². The predicted octanol–water partition coefficient (Wildman–Crippen LogP) is 1.30. The second-order valence-electron chi connectivity index (χ2n) is 4.00. The maximum atomic E-state index is 12.0. The van der Waals surface area contributed by atoms with Crippen LogP contribution < -0.4 is 4.72 Å². The normalized spacial score (nSPS) is 16.4. The number of carbonyl (C=O) groups excluding carboxylic acids is 1. The highest BCUT2D eigenvalue weighted by atomic mass is 79.9. The molecule has 0 bridgehead atoms. The third kappa shape index (κ3) is 3.92. The molecule has 0 radical (unpaired) electrons. The van der Waals surface area contributed by atoms with E-state index in [9.17, 15) is 13.2 Å². The van der Waals surface area contributed by atoms with Crippen molar-refractivity contribution in [3.63, 3.8) is 0 Å². The number of thiophene rings is 1. The Labute approximate surface area is 134 Å². The van der Waals surface area contributed by atoms with E-state index in [1.165, 1.54) is 6.07 Å². The lowest BCUT2D eigenvalue weighted by atomic mass is 10.4. The summed E-state index contributed by atoms with van der Waals surface area (Å²) in [5, 5.41) is 0. The van der Waals surface area contributed by atoms with E-state index in [-0.39, 0.29) is 16.7 Å². The highest BCUT2D eigenvalue weighted by Gasteiger charge is 2.22. The zero-order chi connectivity index (χ0) is 14.8. The van der Waals surface area contributed by atoms with Crippen molar-refractivity contribution in [2.24, 2.45) is 0 Å². The molecule has 1 aliphatic heterocycles. The van der Waals surface area contributed by atoms with Gasteiger partial charge in [-0.25, -0.2) is 13.1 Å². The number of sulfonamides is 1. The number of ether oxygens (including phenoxy) is 1. The summed E-state index contributed by atoms with van der Waals surface area (Å²) in [7, 11) is -3.72. The molecule has 20 heavy (non-hydrogen) atoms. The van der Waals surface area contributed by atoms with Crippen LogP contribution >= 0.6 is 38.9 Å². The fraction of sp³-hybridized carbons (Fsp3) is 0.500. The second-order valence-corrected chi connectivity index (χ2v) is 8.51. The summed E-state index contributed by atoms with van der Waals surface area (Å²) in [6, 6.07) is 1.41. The van der Waals surface area contributed by atoms with Crippen molar-refractivity contribution in [3.05, 3.63) is 14.9 Å². The monoisotopic (exact) mass is 402 g/mol. The van der Waals surface area contributed by atoms with Gasteiger partial charge >= 0.3 is 0 Å². The average molecular weight is 404 g/mol. The first-order valence-electron chi connectivity index (χ1n) is 5.70. The Morgan fingerprint density at radius 2 is 2.15 bits per heavy atom. The zero-order valence-electron chi connectivity index (χ0n) is 10.3. The van der Waals surface area contributed by atoms with Gasteiger partial charge in [0, 0.05) is 17.6 Å². The number of nitrogens with one attached hydrogen (secondary N) is 1. The van der Waals surface area contributed by atoms with Crippen molar-refractivity contribution in [2.45, 2.75) is 4.21 Å². The Balaban J connectivity index is 1.96. The van der Waals surface area contributed by atoms with Gasteiger partial charge in [-0.1, -0.05) is 11.6 Å². The first-order chi connectivity index (χ1) is 9.40. The topological polar surface area (TPSA) is 75.7 Å². The third-order valence-corrected chi connectivity index (χ3v) is 7.01. The van der Waals surface area contributed by atoms with Crippen LogP contribution in [0.5, 0.6) is 0 Å². The standard InChI is InChI=1S/C10H12BrClN2O4S2/c11-7-5-9(19-10(7)12)20(16,17)13-6-8(15)14-1-3-18-4-2-14/h5,13H,1-4,6H2. The molecule has 1 aromatic heterocycles. The Hall–Kier alpha value is -0.190. The van der Waals surface area contributed by atoms with Crippen LogP contribution in [0.3, 0.4) is 0 Å². The molecule has 2 rings (SSSR count). The zero-order valence-corrected chi connectivity index (χ0v) is 14.2. The van der Waals surface area contributed by atoms with Crippen molar-refractivity contribution >= 4 is 54.8 Å². The van der Waals surface area contributed by atoms with Gasteiger partial charge in [-0.15, -0.1) is 11.3 Å². The fourth-order valence-corrected chi connectivity index (χ4v) is 4.93. The Bertz CT molecular complexity index is 579. The van der Waals surface area contributed by atoms with E-state index in [4.69, 9.17) is 16.3 Å². The number of nitrogens with zero attached hydrogens (tertiary/aromatic N) is 1. The molecule has 1 fully saturated rings. The molecular weight excluding hydrogens is 392 g/mol. The Morgan fingerprint density at radius 3 is 2.70 bits per heavy atom. The average Bonchev–Trinajstić information content (AvgIpc) is 2.78. The van der Waals surface area contributed by atoms with Crippen LogP contribution in [0, 0.1) is 0 Å². The van der Waals surface area contributed by atoms with Gasteiger partial charge in [-0.2, -0.15) is 0 Å². The van der Waals surface area contributed by atoms with Crippen molar-refractivity contribution in [2.75, 3.05) is 32.8 Å². The summed E-state index contributed by atoms with van der Waals surface area (Å²) in [5.41, 5.74) is 0. The number of carbonyl (C=O) groups is 1. The number of morpholine rings is 1. The van der Waals surface area contributed by atoms with Crippen LogP contribution in [-0.4, -0.2) is 52.1 Å². The molecule has 0 atom stereocenters. The highest BCUT2D eigenvalue weighted by molar-refractivity contribution is 9.10. The summed E-state index contributed by atoms with van der Waals surface area (Å²) >= 11 is 9.89. The molecule has 0 aliphatic carbocycles. The summed E-state index contributed by atoms with van der Waals surface area (Å²) in [4.78, 5) is 13.4. The molecule has 2 heterocycles. The molecule has 1 N–H and O–H groups in total. The minimum atomic E-state index is -3.72. The number of hydrogen-bond acceptors (Lipinski definition) is 5.